The van der Waals surface area contributed by atoms with Crippen molar-refractivity contribution in [3.8, 4) is 0 Å². The Morgan fingerprint density at radius 1 is 1.13 bits per heavy atom. The Kier molecular flexibility index (Phi) is 3.93. The fourth-order valence-corrected chi connectivity index (χ4v) is 6.49. The summed E-state index contributed by atoms with van der Waals surface area (Å²) in [5.74, 6) is 0.957. The van der Waals surface area contributed by atoms with Crippen molar-refractivity contribution in [3.05, 3.63) is 47.9 Å². The van der Waals surface area contributed by atoms with Gasteiger partial charge in [0, 0.05) is 11.6 Å². The molecule has 0 bridgehead atoms. The number of nitrogens with two attached hydrogens (primary N) is 1. The summed E-state index contributed by atoms with van der Waals surface area (Å²) in [6.07, 6.45) is 5.41. The second kappa shape index (κ2) is 6.47. The zero-order chi connectivity index (χ0) is 20.5. The average Bonchev–Trinajstić information content (AvgIpc) is 3.41. The van der Waals surface area contributed by atoms with Crippen molar-refractivity contribution in [1.82, 2.24) is 19.5 Å². The molecule has 4 N–H and O–H groups in total. The molecule has 8 heteroatoms. The van der Waals surface area contributed by atoms with Gasteiger partial charge in [-0.2, -0.15) is 0 Å². The number of aromatic nitrogens is 4. The van der Waals surface area contributed by atoms with Gasteiger partial charge in [-0.1, -0.05) is 6.07 Å². The number of aliphatic hydroxyl groups is 2. The molecule has 2 saturated carbocycles. The number of hydrogen-bond acceptors (Lipinski definition) is 7. The van der Waals surface area contributed by atoms with E-state index in [1.165, 1.54) is 16.6 Å². The number of anilines is 1. The molecule has 1 aromatic carbocycles. The predicted octanol–water partition coefficient (Wildman–Crippen LogP) is 2.93. The smallest absolute Gasteiger partial charge is 0.145 e. The molecular weight excluding hydrogens is 398 g/mol. The number of thiazole rings is 1. The van der Waals surface area contributed by atoms with Crippen molar-refractivity contribution < 1.29 is 10.2 Å². The number of hydrogen-bond donors (Lipinski definition) is 3. The van der Waals surface area contributed by atoms with Gasteiger partial charge >= 0.3 is 0 Å². The Hall–Kier alpha value is -2.55. The second-order valence-corrected chi connectivity index (χ2v) is 9.81. The molecule has 0 radical (unpaired) electrons. The summed E-state index contributed by atoms with van der Waals surface area (Å²) in [7, 11) is 0. The Labute approximate surface area is 177 Å². The van der Waals surface area contributed by atoms with Gasteiger partial charge in [0.25, 0.3) is 0 Å². The Balaban J connectivity index is 1.21. The van der Waals surface area contributed by atoms with E-state index in [1.54, 1.807) is 11.3 Å². The van der Waals surface area contributed by atoms with E-state index >= 15 is 0 Å². The predicted molar refractivity (Wildman–Crippen MR) is 116 cm³/mol. The lowest BCUT2D eigenvalue weighted by molar-refractivity contribution is -0.0841. The molecule has 0 unspecified atom stereocenters. The zero-order valence-corrected chi connectivity index (χ0v) is 17.2. The van der Waals surface area contributed by atoms with Gasteiger partial charge in [0.15, 0.2) is 0 Å². The van der Waals surface area contributed by atoms with Gasteiger partial charge in [-0.15, -0.1) is 11.3 Å². The first-order valence-corrected chi connectivity index (χ1v) is 11.2. The number of rotatable bonds is 3. The number of aliphatic hydroxyl groups excluding tert-OH is 2. The van der Waals surface area contributed by atoms with E-state index < -0.39 is 12.2 Å². The van der Waals surface area contributed by atoms with Crippen molar-refractivity contribution in [3.63, 3.8) is 0 Å². The highest BCUT2D eigenvalue weighted by atomic mass is 32.1. The summed E-state index contributed by atoms with van der Waals surface area (Å²) in [5, 5.41) is 22.6. The lowest BCUT2D eigenvalue weighted by atomic mass is 9.58. The third-order valence-corrected chi connectivity index (χ3v) is 7.96. The standard InChI is InChI=1S/C22H23N5O2S/c23-20-14-3-4-27(21(14)25-10-24-20)16-9-22(19(29)18(16)28)7-13(8-22)5-12-1-2-15-17(6-12)30-11-26-15/h1-4,6,10-11,13,16,18-19,28-29H,5,7-9H2,(H2,23,24,25)/t13?,16-,18+,19+,22?/m1/s1. The maximum Gasteiger partial charge on any atom is 0.145 e. The van der Waals surface area contributed by atoms with E-state index in [0.29, 0.717) is 17.4 Å². The van der Waals surface area contributed by atoms with Crippen LogP contribution in [0.4, 0.5) is 5.82 Å². The zero-order valence-electron chi connectivity index (χ0n) is 16.3. The molecule has 0 aliphatic heterocycles. The molecule has 2 fully saturated rings. The van der Waals surface area contributed by atoms with Gasteiger partial charge in [-0.25, -0.2) is 15.0 Å². The maximum absolute atomic E-state index is 10.9. The molecule has 154 valence electrons. The maximum atomic E-state index is 10.9. The van der Waals surface area contributed by atoms with E-state index in [9.17, 15) is 10.2 Å². The lowest BCUT2D eigenvalue weighted by Gasteiger charge is -2.48. The van der Waals surface area contributed by atoms with Crippen LogP contribution in [0.15, 0.2) is 42.3 Å². The summed E-state index contributed by atoms with van der Waals surface area (Å²) < 4.78 is 3.18. The first-order chi connectivity index (χ1) is 14.5. The average molecular weight is 422 g/mol. The van der Waals surface area contributed by atoms with Crippen LogP contribution in [0.1, 0.15) is 30.9 Å². The van der Waals surface area contributed by atoms with Crippen LogP contribution in [0.25, 0.3) is 21.3 Å². The van der Waals surface area contributed by atoms with Gasteiger partial charge < -0.3 is 20.5 Å². The molecule has 3 atom stereocenters. The van der Waals surface area contributed by atoms with Crippen molar-refractivity contribution in [2.24, 2.45) is 11.3 Å². The van der Waals surface area contributed by atoms with Crippen LogP contribution in [0.3, 0.4) is 0 Å². The third-order valence-electron chi connectivity index (χ3n) is 7.17. The van der Waals surface area contributed by atoms with Crippen LogP contribution in [0.5, 0.6) is 0 Å². The number of nitrogen functional groups attached to an aromatic ring is 1. The van der Waals surface area contributed by atoms with E-state index in [2.05, 4.69) is 33.2 Å². The summed E-state index contributed by atoms with van der Waals surface area (Å²) in [5.41, 5.74) is 10.7. The van der Waals surface area contributed by atoms with Crippen LogP contribution in [0.2, 0.25) is 0 Å². The molecule has 3 aromatic heterocycles. The Morgan fingerprint density at radius 3 is 2.87 bits per heavy atom. The van der Waals surface area contributed by atoms with Gasteiger partial charge in [-0.3, -0.25) is 0 Å². The molecule has 2 aliphatic rings. The van der Waals surface area contributed by atoms with Crippen molar-refractivity contribution in [1.29, 1.82) is 0 Å². The van der Waals surface area contributed by atoms with Crippen molar-refractivity contribution in [2.75, 3.05) is 5.73 Å². The normalized spacial score (nSPS) is 31.0. The molecule has 0 saturated heterocycles. The highest BCUT2D eigenvalue weighted by molar-refractivity contribution is 7.16. The number of fused-ring (bicyclic) bond motifs is 2. The van der Waals surface area contributed by atoms with Crippen molar-refractivity contribution >= 4 is 38.4 Å². The summed E-state index contributed by atoms with van der Waals surface area (Å²) >= 11 is 1.67. The molecular formula is C22H23N5O2S. The minimum Gasteiger partial charge on any atom is -0.390 e. The number of benzene rings is 1. The van der Waals surface area contributed by atoms with E-state index in [1.807, 2.05) is 22.3 Å². The summed E-state index contributed by atoms with van der Waals surface area (Å²) in [6.45, 7) is 0. The first kappa shape index (κ1) is 18.2. The SMILES string of the molecule is Nc1ncnc2c1ccn2[C@@H]1CC2(CC(Cc3ccc4ncsc4c3)C2)[C@@H](O)[C@H]1O. The van der Waals surface area contributed by atoms with Crippen LogP contribution in [-0.2, 0) is 6.42 Å². The summed E-state index contributed by atoms with van der Waals surface area (Å²) in [6, 6.07) is 8.16. The minimum absolute atomic E-state index is 0.207. The van der Waals surface area contributed by atoms with E-state index in [4.69, 9.17) is 5.73 Å². The quantitative estimate of drug-likeness (QED) is 0.469. The van der Waals surface area contributed by atoms with E-state index in [-0.39, 0.29) is 11.5 Å². The monoisotopic (exact) mass is 421 g/mol. The second-order valence-electron chi connectivity index (χ2n) is 8.92. The van der Waals surface area contributed by atoms with Gasteiger partial charge in [0.05, 0.1) is 33.3 Å². The molecule has 0 amide bonds. The van der Waals surface area contributed by atoms with Crippen LogP contribution in [0, 0.1) is 11.3 Å². The van der Waals surface area contributed by atoms with Gasteiger partial charge in [0.1, 0.15) is 23.9 Å². The molecule has 4 aromatic rings. The van der Waals surface area contributed by atoms with Gasteiger partial charge in [0.2, 0.25) is 0 Å². The topological polar surface area (TPSA) is 110 Å². The van der Waals surface area contributed by atoms with Crippen LogP contribution < -0.4 is 5.73 Å². The van der Waals surface area contributed by atoms with Crippen molar-refractivity contribution in [2.45, 2.75) is 43.9 Å². The molecule has 1 spiro atoms. The largest absolute Gasteiger partial charge is 0.390 e. The van der Waals surface area contributed by atoms with E-state index in [0.717, 1.165) is 36.6 Å². The molecule has 3 heterocycles. The van der Waals surface area contributed by atoms with Crippen LogP contribution in [-0.4, -0.2) is 41.9 Å². The molecule has 30 heavy (non-hydrogen) atoms. The molecule has 2 aliphatic carbocycles. The highest BCUT2D eigenvalue weighted by Crippen LogP contribution is 2.60. The highest BCUT2D eigenvalue weighted by Gasteiger charge is 2.59. The molecule has 6 rings (SSSR count). The Morgan fingerprint density at radius 2 is 2.00 bits per heavy atom. The fraction of sp³-hybridized carbons (Fsp3) is 0.409. The fourth-order valence-electron chi connectivity index (χ4n) is 5.75. The van der Waals surface area contributed by atoms with Gasteiger partial charge in [-0.05, 0) is 55.4 Å². The molecule has 7 nitrogen and oxygen atoms in total. The van der Waals surface area contributed by atoms with Crippen LogP contribution >= 0.6 is 11.3 Å². The lowest BCUT2D eigenvalue weighted by Crippen LogP contribution is -2.46. The minimum atomic E-state index is -0.814. The summed E-state index contributed by atoms with van der Waals surface area (Å²) in [4.78, 5) is 12.8. The third kappa shape index (κ3) is 2.60. The number of nitrogens with zero attached hydrogens (tertiary/aromatic N) is 4. The Bertz CT molecular complexity index is 1240. The first-order valence-electron chi connectivity index (χ1n) is 10.3.